The second-order valence-electron chi connectivity index (χ2n) is 5.84. The standard InChI is InChI=1S/C18H21N3O3S/c1-12-4-6-15(7-5-12)24-10-14(22)11-25-18-20-19-17(21(18)3)16-8-9-23-13(16)2/h4-9,14,22H,10-11H2,1-3H3/t14-/m1/s1. The van der Waals surface area contributed by atoms with Crippen molar-refractivity contribution in [2.45, 2.75) is 25.1 Å². The molecule has 0 aliphatic carbocycles. The Hall–Kier alpha value is -2.25. The second-order valence-corrected chi connectivity index (χ2v) is 6.83. The van der Waals surface area contributed by atoms with Gasteiger partial charge in [-0.2, -0.15) is 0 Å². The molecule has 0 radical (unpaired) electrons. The molecule has 0 spiro atoms. The first kappa shape index (κ1) is 17.6. The number of hydrogen-bond donors (Lipinski definition) is 1. The molecule has 0 saturated heterocycles. The largest absolute Gasteiger partial charge is 0.491 e. The lowest BCUT2D eigenvalue weighted by Gasteiger charge is -2.12. The van der Waals surface area contributed by atoms with Crippen LogP contribution in [0.3, 0.4) is 0 Å². The van der Waals surface area contributed by atoms with Gasteiger partial charge in [-0.05, 0) is 32.0 Å². The van der Waals surface area contributed by atoms with E-state index in [-0.39, 0.29) is 6.61 Å². The van der Waals surface area contributed by atoms with E-state index >= 15 is 0 Å². The number of aromatic nitrogens is 3. The number of hydrogen-bond acceptors (Lipinski definition) is 6. The van der Waals surface area contributed by atoms with Gasteiger partial charge in [0.25, 0.3) is 0 Å². The van der Waals surface area contributed by atoms with Crippen LogP contribution in [0.4, 0.5) is 0 Å². The summed E-state index contributed by atoms with van der Waals surface area (Å²) in [7, 11) is 1.90. The van der Waals surface area contributed by atoms with Crippen LogP contribution >= 0.6 is 11.8 Å². The third kappa shape index (κ3) is 4.24. The van der Waals surface area contributed by atoms with Crippen LogP contribution in [0.15, 0.2) is 46.2 Å². The van der Waals surface area contributed by atoms with Crippen molar-refractivity contribution in [1.29, 1.82) is 0 Å². The number of benzene rings is 1. The van der Waals surface area contributed by atoms with E-state index in [1.165, 1.54) is 17.3 Å². The van der Waals surface area contributed by atoms with Crippen LogP contribution in [-0.2, 0) is 7.05 Å². The van der Waals surface area contributed by atoms with Crippen LogP contribution in [0.2, 0.25) is 0 Å². The minimum atomic E-state index is -0.595. The summed E-state index contributed by atoms with van der Waals surface area (Å²) in [5.74, 6) is 2.78. The molecule has 0 saturated carbocycles. The normalized spacial score (nSPS) is 12.3. The minimum Gasteiger partial charge on any atom is -0.491 e. The number of aliphatic hydroxyl groups is 1. The van der Waals surface area contributed by atoms with E-state index in [2.05, 4.69) is 10.2 Å². The highest BCUT2D eigenvalue weighted by molar-refractivity contribution is 7.99. The molecule has 0 fully saturated rings. The van der Waals surface area contributed by atoms with Gasteiger partial charge in [0.05, 0.1) is 17.9 Å². The molecule has 0 aliphatic heterocycles. The van der Waals surface area contributed by atoms with Gasteiger partial charge in [0.1, 0.15) is 18.1 Å². The third-order valence-corrected chi connectivity index (χ3v) is 4.97. The van der Waals surface area contributed by atoms with E-state index in [9.17, 15) is 5.11 Å². The van der Waals surface area contributed by atoms with Crippen LogP contribution in [0.25, 0.3) is 11.4 Å². The van der Waals surface area contributed by atoms with Crippen molar-refractivity contribution in [1.82, 2.24) is 14.8 Å². The molecule has 3 aromatic rings. The summed E-state index contributed by atoms with van der Waals surface area (Å²) in [6.07, 6.45) is 1.04. The Morgan fingerprint density at radius 2 is 1.96 bits per heavy atom. The smallest absolute Gasteiger partial charge is 0.191 e. The van der Waals surface area contributed by atoms with Crippen molar-refractivity contribution < 1.29 is 14.3 Å². The summed E-state index contributed by atoms with van der Waals surface area (Å²) in [6.45, 7) is 4.15. The highest BCUT2D eigenvalue weighted by Gasteiger charge is 2.16. The lowest BCUT2D eigenvalue weighted by Crippen LogP contribution is -2.20. The van der Waals surface area contributed by atoms with Crippen LogP contribution in [0.5, 0.6) is 5.75 Å². The fourth-order valence-corrected chi connectivity index (χ4v) is 3.15. The van der Waals surface area contributed by atoms with Crippen molar-refractivity contribution in [3.8, 4) is 17.1 Å². The predicted octanol–water partition coefficient (Wildman–Crippen LogP) is 3.22. The Morgan fingerprint density at radius 3 is 2.64 bits per heavy atom. The highest BCUT2D eigenvalue weighted by Crippen LogP contribution is 2.26. The van der Waals surface area contributed by atoms with Crippen LogP contribution in [0.1, 0.15) is 11.3 Å². The SMILES string of the molecule is Cc1ccc(OC[C@@H](O)CSc2nnc(-c3ccoc3C)n2C)cc1. The van der Waals surface area contributed by atoms with Crippen molar-refractivity contribution in [2.24, 2.45) is 7.05 Å². The zero-order valence-electron chi connectivity index (χ0n) is 14.5. The molecule has 7 heteroatoms. The number of aryl methyl sites for hydroxylation is 2. The first-order valence-corrected chi connectivity index (χ1v) is 8.97. The molecular weight excluding hydrogens is 338 g/mol. The van der Waals surface area contributed by atoms with Crippen molar-refractivity contribution in [2.75, 3.05) is 12.4 Å². The molecule has 1 N–H and O–H groups in total. The summed E-state index contributed by atoms with van der Waals surface area (Å²) in [5, 5.41) is 19.3. The molecular formula is C18H21N3O3S. The Kier molecular flexibility index (Phi) is 5.45. The Balaban J connectivity index is 1.54. The molecule has 3 rings (SSSR count). The quantitative estimate of drug-likeness (QED) is 0.653. The molecule has 2 heterocycles. The molecule has 132 valence electrons. The van der Waals surface area contributed by atoms with Gasteiger partial charge in [0, 0.05) is 12.8 Å². The topological polar surface area (TPSA) is 73.3 Å². The molecule has 25 heavy (non-hydrogen) atoms. The maximum Gasteiger partial charge on any atom is 0.191 e. The number of ether oxygens (including phenoxy) is 1. The molecule has 1 atom stereocenters. The molecule has 0 bridgehead atoms. The van der Waals surface area contributed by atoms with Crippen LogP contribution in [0, 0.1) is 13.8 Å². The van der Waals surface area contributed by atoms with Crippen LogP contribution < -0.4 is 4.74 Å². The van der Waals surface area contributed by atoms with E-state index < -0.39 is 6.10 Å². The Morgan fingerprint density at radius 1 is 1.20 bits per heavy atom. The summed E-state index contributed by atoms with van der Waals surface area (Å²) in [4.78, 5) is 0. The van der Waals surface area contributed by atoms with Gasteiger partial charge in [-0.15, -0.1) is 10.2 Å². The monoisotopic (exact) mass is 359 g/mol. The van der Waals surface area contributed by atoms with Gasteiger partial charge < -0.3 is 18.8 Å². The fraction of sp³-hybridized carbons (Fsp3) is 0.333. The molecule has 0 aliphatic rings. The number of rotatable bonds is 7. The summed E-state index contributed by atoms with van der Waals surface area (Å²) >= 11 is 1.45. The second kappa shape index (κ2) is 7.76. The lowest BCUT2D eigenvalue weighted by atomic mass is 10.2. The van der Waals surface area contributed by atoms with Gasteiger partial charge in [0.2, 0.25) is 0 Å². The van der Waals surface area contributed by atoms with E-state index in [1.54, 1.807) is 6.26 Å². The highest BCUT2D eigenvalue weighted by atomic mass is 32.2. The lowest BCUT2D eigenvalue weighted by molar-refractivity contribution is 0.126. The maximum absolute atomic E-state index is 10.1. The maximum atomic E-state index is 10.1. The zero-order valence-corrected chi connectivity index (χ0v) is 15.3. The molecule has 1 aromatic carbocycles. The molecule has 2 aromatic heterocycles. The fourth-order valence-electron chi connectivity index (χ4n) is 2.34. The summed E-state index contributed by atoms with van der Waals surface area (Å²) in [5.41, 5.74) is 2.10. The van der Waals surface area contributed by atoms with Gasteiger partial charge in [-0.3, -0.25) is 0 Å². The van der Waals surface area contributed by atoms with Gasteiger partial charge in [-0.25, -0.2) is 0 Å². The summed E-state index contributed by atoms with van der Waals surface area (Å²) in [6, 6.07) is 9.64. The molecule has 0 unspecified atom stereocenters. The first-order valence-electron chi connectivity index (χ1n) is 7.99. The minimum absolute atomic E-state index is 0.238. The van der Waals surface area contributed by atoms with E-state index in [1.807, 2.05) is 55.8 Å². The predicted molar refractivity (Wildman–Crippen MR) is 96.8 cm³/mol. The molecule has 0 amide bonds. The average Bonchev–Trinajstić information content (AvgIpc) is 3.18. The van der Waals surface area contributed by atoms with E-state index in [0.29, 0.717) is 5.75 Å². The van der Waals surface area contributed by atoms with E-state index in [0.717, 1.165) is 28.1 Å². The van der Waals surface area contributed by atoms with Gasteiger partial charge in [0.15, 0.2) is 11.0 Å². The van der Waals surface area contributed by atoms with Gasteiger partial charge >= 0.3 is 0 Å². The number of thioether (sulfide) groups is 1. The van der Waals surface area contributed by atoms with Crippen molar-refractivity contribution >= 4 is 11.8 Å². The Bertz CT molecular complexity index is 826. The third-order valence-electron chi connectivity index (χ3n) is 3.80. The van der Waals surface area contributed by atoms with Crippen molar-refractivity contribution in [3.05, 3.63) is 47.9 Å². The van der Waals surface area contributed by atoms with Crippen LogP contribution in [-0.4, -0.2) is 38.3 Å². The first-order chi connectivity index (χ1) is 12.0. The van der Waals surface area contributed by atoms with E-state index in [4.69, 9.17) is 9.15 Å². The van der Waals surface area contributed by atoms with Crippen molar-refractivity contribution in [3.63, 3.8) is 0 Å². The zero-order chi connectivity index (χ0) is 17.8. The Labute approximate surface area is 150 Å². The number of furan rings is 1. The number of aliphatic hydroxyl groups excluding tert-OH is 1. The number of nitrogens with zero attached hydrogens (tertiary/aromatic N) is 3. The summed E-state index contributed by atoms with van der Waals surface area (Å²) < 4.78 is 12.8. The average molecular weight is 359 g/mol. The molecule has 6 nitrogen and oxygen atoms in total. The van der Waals surface area contributed by atoms with Gasteiger partial charge in [-0.1, -0.05) is 29.5 Å².